The molecule has 0 aliphatic carbocycles. The van der Waals surface area contributed by atoms with Crippen LogP contribution in [0.5, 0.6) is 0 Å². The van der Waals surface area contributed by atoms with E-state index in [0.29, 0.717) is 38.7 Å². The van der Waals surface area contributed by atoms with Crippen LogP contribution in [-0.2, 0) is 38.1 Å². The van der Waals surface area contributed by atoms with Gasteiger partial charge in [0.25, 0.3) is 0 Å². The van der Waals surface area contributed by atoms with Crippen LogP contribution in [0.1, 0.15) is 13.3 Å². The van der Waals surface area contributed by atoms with E-state index in [-0.39, 0.29) is 69.8 Å². The highest BCUT2D eigenvalue weighted by Crippen LogP contribution is 1.83. The van der Waals surface area contributed by atoms with Gasteiger partial charge in [0.1, 0.15) is 13.2 Å². The molecule has 0 heterocycles. The van der Waals surface area contributed by atoms with E-state index in [1.165, 1.54) is 6.92 Å². The Hall–Kier alpha value is -1.93. The quantitative estimate of drug-likeness (QED) is 0.0771. The van der Waals surface area contributed by atoms with Crippen molar-refractivity contribution in [3.05, 3.63) is 0 Å². The van der Waals surface area contributed by atoms with Crippen LogP contribution in [0.4, 0.5) is 0 Å². The SMILES string of the molecule is CC(=O)NCCOCCOCC(=O)NCCOCCOCC(=O)NCNC(=O)CCS. The first-order valence-corrected chi connectivity index (χ1v) is 10.5. The van der Waals surface area contributed by atoms with Gasteiger partial charge in [-0.15, -0.1) is 0 Å². The Morgan fingerprint density at radius 3 is 1.68 bits per heavy atom. The van der Waals surface area contributed by atoms with Crippen LogP contribution in [0.25, 0.3) is 0 Å². The lowest BCUT2D eigenvalue weighted by Crippen LogP contribution is -2.39. The molecular formula is C18H34N4O8S. The summed E-state index contributed by atoms with van der Waals surface area (Å²) in [5, 5.41) is 10.2. The summed E-state index contributed by atoms with van der Waals surface area (Å²) < 4.78 is 20.8. The van der Waals surface area contributed by atoms with E-state index in [2.05, 4.69) is 33.9 Å². The Morgan fingerprint density at radius 1 is 0.645 bits per heavy atom. The zero-order valence-corrected chi connectivity index (χ0v) is 18.8. The van der Waals surface area contributed by atoms with E-state index >= 15 is 0 Å². The van der Waals surface area contributed by atoms with Gasteiger partial charge in [-0.1, -0.05) is 0 Å². The first-order chi connectivity index (χ1) is 15.0. The van der Waals surface area contributed by atoms with E-state index in [0.717, 1.165) is 0 Å². The van der Waals surface area contributed by atoms with Crippen LogP contribution in [0.2, 0.25) is 0 Å². The lowest BCUT2D eigenvalue weighted by atomic mass is 10.4. The van der Waals surface area contributed by atoms with Gasteiger partial charge in [0.2, 0.25) is 23.6 Å². The smallest absolute Gasteiger partial charge is 0.247 e. The molecule has 0 atom stereocenters. The van der Waals surface area contributed by atoms with Crippen molar-refractivity contribution in [3.8, 4) is 0 Å². The second kappa shape index (κ2) is 21.3. The second-order valence-electron chi connectivity index (χ2n) is 6.01. The average molecular weight is 467 g/mol. The van der Waals surface area contributed by atoms with Crippen molar-refractivity contribution in [2.45, 2.75) is 13.3 Å². The van der Waals surface area contributed by atoms with Crippen molar-refractivity contribution in [3.63, 3.8) is 0 Å². The van der Waals surface area contributed by atoms with Gasteiger partial charge >= 0.3 is 0 Å². The zero-order chi connectivity index (χ0) is 23.2. The summed E-state index contributed by atoms with van der Waals surface area (Å²) in [6.07, 6.45) is 0.289. The highest BCUT2D eigenvalue weighted by molar-refractivity contribution is 7.80. The Bertz CT molecular complexity index is 525. The summed E-state index contributed by atoms with van der Waals surface area (Å²) in [4.78, 5) is 44.8. The molecule has 12 nitrogen and oxygen atoms in total. The summed E-state index contributed by atoms with van der Waals surface area (Å²) in [7, 11) is 0. The Balaban J connectivity index is 3.33. The number of thiol groups is 1. The molecular weight excluding hydrogens is 432 g/mol. The zero-order valence-electron chi connectivity index (χ0n) is 17.9. The van der Waals surface area contributed by atoms with Gasteiger partial charge in [0.15, 0.2) is 0 Å². The maximum absolute atomic E-state index is 11.5. The van der Waals surface area contributed by atoms with E-state index in [9.17, 15) is 19.2 Å². The fraction of sp³-hybridized carbons (Fsp3) is 0.778. The lowest BCUT2D eigenvalue weighted by molar-refractivity contribution is -0.128. The maximum atomic E-state index is 11.5. The van der Waals surface area contributed by atoms with Crippen LogP contribution in [-0.4, -0.2) is 102 Å². The predicted octanol–water partition coefficient (Wildman–Crippen LogP) is -2.19. The largest absolute Gasteiger partial charge is 0.377 e. The number of carbonyl (C=O) groups is 4. The molecule has 0 saturated carbocycles. The van der Waals surface area contributed by atoms with E-state index in [1.54, 1.807) is 0 Å². The lowest BCUT2D eigenvalue weighted by Gasteiger charge is -2.09. The van der Waals surface area contributed by atoms with Gasteiger partial charge in [-0.05, 0) is 5.75 Å². The normalized spacial score (nSPS) is 10.4. The minimum absolute atomic E-state index is 0.0420. The third kappa shape index (κ3) is 22.6. The van der Waals surface area contributed by atoms with Crippen molar-refractivity contribution in [2.24, 2.45) is 0 Å². The van der Waals surface area contributed by atoms with Crippen LogP contribution in [0.3, 0.4) is 0 Å². The third-order valence-electron chi connectivity index (χ3n) is 3.31. The minimum atomic E-state index is -0.350. The molecule has 0 rings (SSSR count). The number of carbonyl (C=O) groups excluding carboxylic acids is 4. The van der Waals surface area contributed by atoms with Crippen LogP contribution < -0.4 is 21.3 Å². The van der Waals surface area contributed by atoms with Gasteiger partial charge in [-0.25, -0.2) is 0 Å². The van der Waals surface area contributed by atoms with Gasteiger partial charge in [0, 0.05) is 26.4 Å². The molecule has 0 saturated heterocycles. The van der Waals surface area contributed by atoms with Gasteiger partial charge in [0.05, 0.1) is 46.3 Å². The first-order valence-electron chi connectivity index (χ1n) is 9.92. The number of nitrogens with one attached hydrogen (secondary N) is 4. The molecule has 180 valence electrons. The molecule has 0 spiro atoms. The fourth-order valence-electron chi connectivity index (χ4n) is 1.86. The molecule has 4 N–H and O–H groups in total. The number of hydrogen-bond acceptors (Lipinski definition) is 9. The van der Waals surface area contributed by atoms with Crippen molar-refractivity contribution >= 4 is 36.3 Å². The molecule has 0 aliphatic rings. The average Bonchev–Trinajstić information content (AvgIpc) is 2.71. The topological polar surface area (TPSA) is 153 Å². The van der Waals surface area contributed by atoms with Crippen molar-refractivity contribution < 1.29 is 38.1 Å². The predicted molar refractivity (Wildman–Crippen MR) is 115 cm³/mol. The number of hydrogen-bond donors (Lipinski definition) is 5. The molecule has 0 aliphatic heterocycles. The molecule has 0 aromatic carbocycles. The number of amides is 4. The Kier molecular flexibility index (Phi) is 20.0. The van der Waals surface area contributed by atoms with Crippen molar-refractivity contribution in [1.29, 1.82) is 0 Å². The molecule has 0 bridgehead atoms. The van der Waals surface area contributed by atoms with Crippen LogP contribution >= 0.6 is 12.6 Å². The minimum Gasteiger partial charge on any atom is -0.377 e. The summed E-state index contributed by atoms with van der Waals surface area (Å²) in [5.41, 5.74) is 0. The Labute approximate surface area is 187 Å². The summed E-state index contributed by atoms with van der Waals surface area (Å²) in [5.74, 6) is -0.474. The molecule has 0 radical (unpaired) electrons. The second-order valence-corrected chi connectivity index (χ2v) is 6.46. The number of rotatable bonds is 20. The number of ether oxygens (including phenoxy) is 4. The van der Waals surface area contributed by atoms with Crippen molar-refractivity contribution in [1.82, 2.24) is 21.3 Å². The molecule has 0 aromatic heterocycles. The van der Waals surface area contributed by atoms with Crippen LogP contribution in [0, 0.1) is 0 Å². The van der Waals surface area contributed by atoms with Gasteiger partial charge < -0.3 is 40.2 Å². The van der Waals surface area contributed by atoms with Crippen LogP contribution in [0.15, 0.2) is 0 Å². The highest BCUT2D eigenvalue weighted by Gasteiger charge is 2.03. The van der Waals surface area contributed by atoms with E-state index in [1.807, 2.05) is 0 Å². The van der Waals surface area contributed by atoms with Gasteiger partial charge in [-0.2, -0.15) is 12.6 Å². The summed E-state index contributed by atoms with van der Waals surface area (Å²) in [6, 6.07) is 0. The fourth-order valence-corrected chi connectivity index (χ4v) is 2.07. The first kappa shape index (κ1) is 29.1. The molecule has 13 heteroatoms. The van der Waals surface area contributed by atoms with E-state index in [4.69, 9.17) is 18.9 Å². The van der Waals surface area contributed by atoms with Crippen molar-refractivity contribution in [2.75, 3.05) is 78.4 Å². The highest BCUT2D eigenvalue weighted by atomic mass is 32.1. The monoisotopic (exact) mass is 466 g/mol. The van der Waals surface area contributed by atoms with Gasteiger partial charge in [-0.3, -0.25) is 19.2 Å². The van der Waals surface area contributed by atoms with E-state index < -0.39 is 0 Å². The molecule has 0 unspecified atom stereocenters. The standard InChI is InChI=1S/C18H34N4O8S/c1-15(23)19-3-5-27-7-9-29-12-17(25)20-4-6-28-8-10-30-13-18(26)22-14-21-16(24)2-11-31/h31H,2-14H2,1H3,(H,19,23)(H,20,25)(H,21,24)(H,22,26). The molecule has 4 amide bonds. The third-order valence-corrected chi connectivity index (χ3v) is 3.53. The Morgan fingerprint density at radius 2 is 1.13 bits per heavy atom. The molecule has 0 aromatic rings. The summed E-state index contributed by atoms with van der Waals surface area (Å²) >= 11 is 3.93. The molecule has 0 fully saturated rings. The maximum Gasteiger partial charge on any atom is 0.247 e. The summed E-state index contributed by atoms with van der Waals surface area (Å²) in [6.45, 7) is 3.79. The molecule has 31 heavy (non-hydrogen) atoms.